The second-order valence-electron chi connectivity index (χ2n) is 6.10. The quantitative estimate of drug-likeness (QED) is 0.563. The number of sulfone groups is 1. The Hall–Kier alpha value is -2.90. The lowest BCUT2D eigenvalue weighted by Gasteiger charge is -2.14. The molecule has 3 heterocycles. The van der Waals surface area contributed by atoms with Crippen LogP contribution in [-0.4, -0.2) is 38.7 Å². The Morgan fingerprint density at radius 3 is 2.27 bits per heavy atom. The van der Waals surface area contributed by atoms with Gasteiger partial charge in [0.1, 0.15) is 5.69 Å². The van der Waals surface area contributed by atoms with E-state index in [1.165, 1.54) is 13.8 Å². The molecule has 0 aromatic carbocycles. The fourth-order valence-corrected chi connectivity index (χ4v) is 3.70. The molecule has 0 N–H and O–H groups in total. The first-order chi connectivity index (χ1) is 13.8. The zero-order valence-electron chi connectivity index (χ0n) is 15.3. The molecule has 0 atom stereocenters. The summed E-state index contributed by atoms with van der Waals surface area (Å²) < 4.78 is 104. The SMILES string of the molecule is CCS(=O)(=O)c1ccc(-n2nc(C(F)(F)F)cc2C)nc1-c1ccnn1C(F)(F)F. The van der Waals surface area contributed by atoms with Gasteiger partial charge in [0.2, 0.25) is 0 Å². The molecule has 0 spiro atoms. The Morgan fingerprint density at radius 1 is 1.07 bits per heavy atom. The summed E-state index contributed by atoms with van der Waals surface area (Å²) in [6.07, 6.45) is -8.92. The van der Waals surface area contributed by atoms with Crippen molar-refractivity contribution in [2.75, 3.05) is 5.75 Å². The molecule has 7 nitrogen and oxygen atoms in total. The van der Waals surface area contributed by atoms with Crippen LogP contribution in [0.2, 0.25) is 0 Å². The maximum Gasteiger partial charge on any atom is 0.505 e. The van der Waals surface area contributed by atoms with Gasteiger partial charge in [0.25, 0.3) is 0 Å². The zero-order chi connectivity index (χ0) is 22.5. The summed E-state index contributed by atoms with van der Waals surface area (Å²) in [6, 6.07) is 3.70. The minimum Gasteiger partial charge on any atom is -0.226 e. The van der Waals surface area contributed by atoms with Gasteiger partial charge in [0, 0.05) is 11.9 Å². The van der Waals surface area contributed by atoms with Gasteiger partial charge >= 0.3 is 12.5 Å². The van der Waals surface area contributed by atoms with Gasteiger partial charge in [-0.15, -0.1) is 13.2 Å². The lowest BCUT2D eigenvalue weighted by molar-refractivity contribution is -0.211. The van der Waals surface area contributed by atoms with E-state index in [0.29, 0.717) is 0 Å². The summed E-state index contributed by atoms with van der Waals surface area (Å²) in [7, 11) is -4.02. The lowest BCUT2D eigenvalue weighted by atomic mass is 10.2. The van der Waals surface area contributed by atoms with Gasteiger partial charge in [0.15, 0.2) is 21.3 Å². The molecule has 0 aliphatic carbocycles. The van der Waals surface area contributed by atoms with E-state index in [1.54, 1.807) is 0 Å². The number of halogens is 6. The van der Waals surface area contributed by atoms with Gasteiger partial charge in [-0.25, -0.2) is 18.1 Å². The molecule has 0 bridgehead atoms. The van der Waals surface area contributed by atoms with Crippen LogP contribution >= 0.6 is 0 Å². The first kappa shape index (κ1) is 21.8. The summed E-state index contributed by atoms with van der Waals surface area (Å²) in [5.41, 5.74) is -2.52. The van der Waals surface area contributed by atoms with E-state index in [1.807, 2.05) is 0 Å². The largest absolute Gasteiger partial charge is 0.505 e. The molecule has 0 saturated carbocycles. The summed E-state index contributed by atoms with van der Waals surface area (Å²) in [6.45, 7) is 2.58. The third-order valence-electron chi connectivity index (χ3n) is 4.08. The van der Waals surface area contributed by atoms with Crippen molar-refractivity contribution in [3.05, 3.63) is 41.9 Å². The summed E-state index contributed by atoms with van der Waals surface area (Å²) >= 11 is 0. The van der Waals surface area contributed by atoms with Crippen LogP contribution in [0.15, 0.2) is 35.4 Å². The Balaban J connectivity index is 2.29. The first-order valence-electron chi connectivity index (χ1n) is 8.25. The number of pyridine rings is 1. The molecule has 0 fully saturated rings. The van der Waals surface area contributed by atoms with Crippen molar-refractivity contribution in [3.8, 4) is 17.2 Å². The van der Waals surface area contributed by atoms with Crippen molar-refractivity contribution < 1.29 is 34.8 Å². The van der Waals surface area contributed by atoms with Crippen molar-refractivity contribution in [1.82, 2.24) is 24.5 Å². The summed E-state index contributed by atoms with van der Waals surface area (Å²) in [5, 5.41) is 6.55. The van der Waals surface area contributed by atoms with Crippen molar-refractivity contribution in [3.63, 3.8) is 0 Å². The fraction of sp³-hybridized carbons (Fsp3) is 0.312. The maximum atomic E-state index is 13.3. The van der Waals surface area contributed by atoms with Crippen molar-refractivity contribution >= 4 is 9.84 Å². The highest BCUT2D eigenvalue weighted by Gasteiger charge is 2.37. The standard InChI is InChI=1S/C16H13F6N5O2S/c1-3-30(28,29)11-4-5-13(26-9(2)8-12(25-26)15(17,18)19)24-14(11)10-6-7-23-27(10)16(20,21)22/h4-8H,3H2,1-2H3. The molecule has 162 valence electrons. The fourth-order valence-electron chi connectivity index (χ4n) is 2.67. The van der Waals surface area contributed by atoms with Crippen LogP contribution in [0.3, 0.4) is 0 Å². The number of nitrogens with zero attached hydrogens (tertiary/aromatic N) is 5. The van der Waals surface area contributed by atoms with Crippen LogP contribution in [0.25, 0.3) is 17.2 Å². The van der Waals surface area contributed by atoms with E-state index in [-0.39, 0.29) is 16.2 Å². The Morgan fingerprint density at radius 2 is 1.73 bits per heavy atom. The van der Waals surface area contributed by atoms with Gasteiger partial charge in [-0.3, -0.25) is 0 Å². The third kappa shape index (κ3) is 3.91. The molecular formula is C16H13F6N5O2S. The third-order valence-corrected chi connectivity index (χ3v) is 5.84. The Labute approximate surface area is 165 Å². The number of hydrogen-bond donors (Lipinski definition) is 0. The highest BCUT2D eigenvalue weighted by molar-refractivity contribution is 7.91. The predicted octanol–water partition coefficient (Wildman–Crippen LogP) is 3.73. The molecule has 0 radical (unpaired) electrons. The highest BCUT2D eigenvalue weighted by Crippen LogP contribution is 2.34. The predicted molar refractivity (Wildman–Crippen MR) is 91.3 cm³/mol. The summed E-state index contributed by atoms with van der Waals surface area (Å²) in [4.78, 5) is 3.41. The second kappa shape index (κ2) is 7.11. The number of aryl methyl sites for hydroxylation is 1. The average Bonchev–Trinajstić information content (AvgIpc) is 3.27. The van der Waals surface area contributed by atoms with Crippen LogP contribution in [0.1, 0.15) is 18.3 Å². The van der Waals surface area contributed by atoms with Crippen molar-refractivity contribution in [2.24, 2.45) is 0 Å². The van der Waals surface area contributed by atoms with Gasteiger partial charge in [-0.05, 0) is 31.2 Å². The number of alkyl halides is 6. The normalized spacial score (nSPS) is 13.1. The molecule has 0 aliphatic heterocycles. The minimum atomic E-state index is -4.98. The van der Waals surface area contributed by atoms with Gasteiger partial charge < -0.3 is 0 Å². The molecule has 3 aromatic rings. The van der Waals surface area contributed by atoms with Crippen LogP contribution in [0, 0.1) is 6.92 Å². The lowest BCUT2D eigenvalue weighted by Crippen LogP contribution is -2.20. The minimum absolute atomic E-state index is 0.00352. The second-order valence-corrected chi connectivity index (χ2v) is 8.34. The molecule has 0 aliphatic rings. The molecule has 3 rings (SSSR count). The van der Waals surface area contributed by atoms with E-state index in [4.69, 9.17) is 0 Å². The van der Waals surface area contributed by atoms with E-state index in [9.17, 15) is 34.8 Å². The van der Waals surface area contributed by atoms with Crippen molar-refractivity contribution in [1.29, 1.82) is 0 Å². The molecule has 14 heteroatoms. The number of hydrogen-bond acceptors (Lipinski definition) is 5. The van der Waals surface area contributed by atoms with Gasteiger partial charge in [-0.2, -0.15) is 28.1 Å². The van der Waals surface area contributed by atoms with Crippen LogP contribution in [-0.2, 0) is 22.3 Å². The van der Waals surface area contributed by atoms with Crippen LogP contribution in [0.5, 0.6) is 0 Å². The van der Waals surface area contributed by atoms with E-state index >= 15 is 0 Å². The topological polar surface area (TPSA) is 82.7 Å². The maximum absolute atomic E-state index is 13.3. The first-order valence-corrected chi connectivity index (χ1v) is 9.90. The van der Waals surface area contributed by atoms with E-state index in [2.05, 4.69) is 15.2 Å². The molecule has 0 unspecified atom stereocenters. The molecular weight excluding hydrogens is 440 g/mol. The van der Waals surface area contributed by atoms with Crippen molar-refractivity contribution in [2.45, 2.75) is 31.2 Å². The molecule has 0 amide bonds. The number of rotatable bonds is 4. The highest BCUT2D eigenvalue weighted by atomic mass is 32.2. The van der Waals surface area contributed by atoms with Gasteiger partial charge in [-0.1, -0.05) is 6.92 Å². The monoisotopic (exact) mass is 453 g/mol. The van der Waals surface area contributed by atoms with Crippen LogP contribution < -0.4 is 0 Å². The molecule has 3 aromatic heterocycles. The summed E-state index contributed by atoms with van der Waals surface area (Å²) in [5.74, 6) is -0.719. The molecule has 30 heavy (non-hydrogen) atoms. The van der Waals surface area contributed by atoms with E-state index < -0.39 is 50.0 Å². The van der Waals surface area contributed by atoms with E-state index in [0.717, 1.165) is 35.1 Å². The Kier molecular flexibility index (Phi) is 5.16. The smallest absolute Gasteiger partial charge is 0.226 e. The van der Waals surface area contributed by atoms with Gasteiger partial charge in [0.05, 0.1) is 16.3 Å². The molecule has 0 saturated heterocycles. The zero-order valence-corrected chi connectivity index (χ0v) is 16.1. The van der Waals surface area contributed by atoms with Crippen LogP contribution in [0.4, 0.5) is 26.3 Å². The number of aromatic nitrogens is 5. The Bertz CT molecular complexity index is 1190. The average molecular weight is 453 g/mol.